The molecule has 5 heteroatoms. The molecular formula is C23H26ClN3O. The van der Waals surface area contributed by atoms with E-state index in [0.717, 1.165) is 18.5 Å². The highest BCUT2D eigenvalue weighted by atomic mass is 35.5. The SMILES string of the molecule is CCCN1c2ccc(/C=N\NC(=O)c3cccc(Cl)c3)cc2C(C)=CC1(C)C. The van der Waals surface area contributed by atoms with Gasteiger partial charge in [-0.25, -0.2) is 5.43 Å². The van der Waals surface area contributed by atoms with Crippen molar-refractivity contribution in [1.82, 2.24) is 5.43 Å². The highest BCUT2D eigenvalue weighted by molar-refractivity contribution is 6.30. The first-order valence-corrected chi connectivity index (χ1v) is 9.90. The van der Waals surface area contributed by atoms with E-state index in [4.69, 9.17) is 11.6 Å². The molecule has 28 heavy (non-hydrogen) atoms. The molecule has 0 spiro atoms. The largest absolute Gasteiger partial charge is 0.362 e. The Labute approximate surface area is 171 Å². The lowest BCUT2D eigenvalue weighted by atomic mass is 9.88. The van der Waals surface area contributed by atoms with E-state index in [0.29, 0.717) is 10.6 Å². The van der Waals surface area contributed by atoms with Crippen LogP contribution in [0.1, 0.15) is 55.6 Å². The van der Waals surface area contributed by atoms with Crippen molar-refractivity contribution in [3.8, 4) is 0 Å². The lowest BCUT2D eigenvalue weighted by molar-refractivity contribution is 0.0955. The van der Waals surface area contributed by atoms with Crippen LogP contribution in [0.15, 0.2) is 53.6 Å². The standard InChI is InChI=1S/C23H26ClN3O/c1-5-11-27-21-10-9-17(12-20(21)16(2)14-23(27,3)4)15-25-26-22(28)18-7-6-8-19(24)13-18/h6-10,12-15H,5,11H2,1-4H3,(H,26,28)/b25-15-. The minimum atomic E-state index is -0.288. The first-order valence-electron chi connectivity index (χ1n) is 9.52. The number of hydrogen-bond acceptors (Lipinski definition) is 3. The van der Waals surface area contributed by atoms with Crippen LogP contribution in [0, 0.1) is 0 Å². The zero-order valence-electron chi connectivity index (χ0n) is 16.8. The van der Waals surface area contributed by atoms with Gasteiger partial charge in [-0.2, -0.15) is 5.10 Å². The summed E-state index contributed by atoms with van der Waals surface area (Å²) in [4.78, 5) is 14.6. The number of nitrogens with one attached hydrogen (secondary N) is 1. The molecule has 146 valence electrons. The van der Waals surface area contributed by atoms with Crippen LogP contribution in [0.25, 0.3) is 5.57 Å². The van der Waals surface area contributed by atoms with Crippen LogP contribution in [0.3, 0.4) is 0 Å². The Hall–Kier alpha value is -2.59. The van der Waals surface area contributed by atoms with Gasteiger partial charge in [-0.3, -0.25) is 4.79 Å². The molecule has 0 aliphatic carbocycles. The van der Waals surface area contributed by atoms with E-state index < -0.39 is 0 Å². The van der Waals surface area contributed by atoms with E-state index in [9.17, 15) is 4.79 Å². The average Bonchev–Trinajstić information content (AvgIpc) is 2.65. The van der Waals surface area contributed by atoms with Crippen LogP contribution in [-0.4, -0.2) is 24.2 Å². The van der Waals surface area contributed by atoms with Crippen molar-refractivity contribution in [2.24, 2.45) is 5.10 Å². The summed E-state index contributed by atoms with van der Waals surface area (Å²) in [6.07, 6.45) is 5.07. The lowest BCUT2D eigenvalue weighted by Gasteiger charge is -2.43. The number of carbonyl (C=O) groups excluding carboxylic acids is 1. The Morgan fingerprint density at radius 2 is 2.04 bits per heavy atom. The van der Waals surface area contributed by atoms with Gasteiger partial charge in [0.2, 0.25) is 0 Å². The van der Waals surface area contributed by atoms with Gasteiger partial charge in [0.05, 0.1) is 11.8 Å². The number of anilines is 1. The van der Waals surface area contributed by atoms with Gasteiger partial charge < -0.3 is 4.90 Å². The normalized spacial score (nSPS) is 15.3. The lowest BCUT2D eigenvalue weighted by Crippen LogP contribution is -2.45. The zero-order valence-corrected chi connectivity index (χ0v) is 17.5. The van der Waals surface area contributed by atoms with Crippen LogP contribution in [0.5, 0.6) is 0 Å². The molecule has 1 amide bonds. The van der Waals surface area contributed by atoms with Crippen molar-refractivity contribution in [3.05, 3.63) is 70.3 Å². The van der Waals surface area contributed by atoms with E-state index in [1.54, 1.807) is 30.5 Å². The summed E-state index contributed by atoms with van der Waals surface area (Å²) >= 11 is 5.93. The predicted octanol–water partition coefficient (Wildman–Crippen LogP) is 5.52. The summed E-state index contributed by atoms with van der Waals surface area (Å²) in [6.45, 7) is 9.84. The third-order valence-electron chi connectivity index (χ3n) is 4.92. The molecule has 4 nitrogen and oxygen atoms in total. The highest BCUT2D eigenvalue weighted by Crippen LogP contribution is 2.39. The molecule has 1 N–H and O–H groups in total. The second-order valence-electron chi connectivity index (χ2n) is 7.62. The number of benzene rings is 2. The number of rotatable bonds is 5. The van der Waals surface area contributed by atoms with E-state index in [1.807, 2.05) is 6.07 Å². The van der Waals surface area contributed by atoms with Crippen molar-refractivity contribution >= 4 is 35.0 Å². The molecule has 0 aromatic heterocycles. The Bertz CT molecular complexity index is 947. The first-order chi connectivity index (χ1) is 13.3. The monoisotopic (exact) mass is 395 g/mol. The molecule has 0 radical (unpaired) electrons. The number of nitrogens with zero attached hydrogens (tertiary/aromatic N) is 2. The fraction of sp³-hybridized carbons (Fsp3) is 0.304. The summed E-state index contributed by atoms with van der Waals surface area (Å²) < 4.78 is 0. The number of carbonyl (C=O) groups is 1. The summed E-state index contributed by atoms with van der Waals surface area (Å²) in [7, 11) is 0. The minimum absolute atomic E-state index is 0.00632. The second-order valence-corrected chi connectivity index (χ2v) is 8.06. The number of allylic oxidation sites excluding steroid dienone is 1. The van der Waals surface area contributed by atoms with Gasteiger partial charge in [-0.05, 0) is 68.7 Å². The van der Waals surface area contributed by atoms with E-state index in [-0.39, 0.29) is 11.4 Å². The minimum Gasteiger partial charge on any atom is -0.362 e. The van der Waals surface area contributed by atoms with Gasteiger partial charge in [0.15, 0.2) is 0 Å². The summed E-state index contributed by atoms with van der Waals surface area (Å²) in [5.74, 6) is -0.288. The van der Waals surface area contributed by atoms with E-state index >= 15 is 0 Å². The van der Waals surface area contributed by atoms with Gasteiger partial charge >= 0.3 is 0 Å². The van der Waals surface area contributed by atoms with Crippen molar-refractivity contribution in [2.75, 3.05) is 11.4 Å². The summed E-state index contributed by atoms with van der Waals surface area (Å²) in [6, 6.07) is 13.1. The quantitative estimate of drug-likeness (QED) is 0.535. The molecule has 0 bridgehead atoms. The van der Waals surface area contributed by atoms with Crippen LogP contribution in [0.4, 0.5) is 5.69 Å². The molecular weight excluding hydrogens is 370 g/mol. The second kappa shape index (κ2) is 8.19. The third kappa shape index (κ3) is 4.28. The molecule has 0 saturated heterocycles. The van der Waals surface area contributed by atoms with E-state index in [1.165, 1.54) is 16.8 Å². The van der Waals surface area contributed by atoms with Gasteiger partial charge in [-0.15, -0.1) is 0 Å². The molecule has 0 fully saturated rings. The Kier molecular flexibility index (Phi) is 5.90. The van der Waals surface area contributed by atoms with Crippen LogP contribution in [-0.2, 0) is 0 Å². The van der Waals surface area contributed by atoms with Crippen LogP contribution >= 0.6 is 11.6 Å². The maximum atomic E-state index is 12.2. The molecule has 0 atom stereocenters. The zero-order chi connectivity index (χ0) is 20.3. The number of fused-ring (bicyclic) bond motifs is 1. The van der Waals surface area contributed by atoms with Crippen molar-refractivity contribution in [1.29, 1.82) is 0 Å². The number of hydrazone groups is 1. The third-order valence-corrected chi connectivity index (χ3v) is 5.15. The topological polar surface area (TPSA) is 44.7 Å². The Morgan fingerprint density at radius 3 is 2.75 bits per heavy atom. The maximum absolute atomic E-state index is 12.2. The van der Waals surface area contributed by atoms with Gasteiger partial charge in [-0.1, -0.05) is 36.7 Å². The molecule has 1 heterocycles. The predicted molar refractivity (Wildman–Crippen MR) is 118 cm³/mol. The smallest absolute Gasteiger partial charge is 0.271 e. The van der Waals surface area contributed by atoms with Crippen molar-refractivity contribution in [2.45, 2.75) is 39.7 Å². The molecule has 1 aliphatic rings. The number of amides is 1. The van der Waals surface area contributed by atoms with Crippen LogP contribution < -0.4 is 10.3 Å². The molecule has 0 saturated carbocycles. The fourth-order valence-electron chi connectivity index (χ4n) is 3.67. The van der Waals surface area contributed by atoms with Gasteiger partial charge in [0.25, 0.3) is 5.91 Å². The average molecular weight is 396 g/mol. The number of halogens is 1. The Balaban J connectivity index is 1.79. The molecule has 1 aliphatic heterocycles. The summed E-state index contributed by atoms with van der Waals surface area (Å²) in [5.41, 5.74) is 7.67. The summed E-state index contributed by atoms with van der Waals surface area (Å²) in [5, 5.41) is 4.63. The Morgan fingerprint density at radius 1 is 1.25 bits per heavy atom. The molecule has 2 aromatic carbocycles. The van der Waals surface area contributed by atoms with Crippen molar-refractivity contribution < 1.29 is 4.79 Å². The van der Waals surface area contributed by atoms with E-state index in [2.05, 4.69) is 61.3 Å². The number of hydrogen-bond donors (Lipinski definition) is 1. The highest BCUT2D eigenvalue weighted by Gasteiger charge is 2.30. The molecule has 2 aromatic rings. The van der Waals surface area contributed by atoms with Crippen LogP contribution in [0.2, 0.25) is 5.02 Å². The van der Waals surface area contributed by atoms with Gasteiger partial charge in [0.1, 0.15) is 0 Å². The maximum Gasteiger partial charge on any atom is 0.271 e. The first kappa shape index (κ1) is 20.2. The van der Waals surface area contributed by atoms with Gasteiger partial charge in [0, 0.05) is 28.4 Å². The molecule has 3 rings (SSSR count). The fourth-order valence-corrected chi connectivity index (χ4v) is 3.86. The van der Waals surface area contributed by atoms with Crippen molar-refractivity contribution in [3.63, 3.8) is 0 Å². The molecule has 0 unspecified atom stereocenters.